The lowest BCUT2D eigenvalue weighted by Gasteiger charge is -2.32. The summed E-state index contributed by atoms with van der Waals surface area (Å²) in [4.78, 5) is 13.1. The number of hydrogen-bond donors (Lipinski definition) is 1. The van der Waals surface area contributed by atoms with Gasteiger partial charge in [0.1, 0.15) is 6.61 Å². The van der Waals surface area contributed by atoms with Gasteiger partial charge in [0, 0.05) is 12.7 Å². The molecule has 2 rings (SSSR count). The van der Waals surface area contributed by atoms with Gasteiger partial charge < -0.3 is 19.3 Å². The minimum Gasteiger partial charge on any atom is -0.400 e. The molecule has 1 fully saturated rings. The smallest absolute Gasteiger partial charge is 0.400 e. The van der Waals surface area contributed by atoms with Gasteiger partial charge in [0.05, 0.1) is 11.2 Å². The Morgan fingerprint density at radius 2 is 1.95 bits per heavy atom. The monoisotopic (exact) mass is 267 g/mol. The molecule has 0 unspecified atom stereocenters. The van der Waals surface area contributed by atoms with Crippen molar-refractivity contribution >= 4 is 13.0 Å². The first kappa shape index (κ1) is 14.6. The maximum atomic E-state index is 11.5. The van der Waals surface area contributed by atoms with Crippen molar-refractivity contribution in [3.05, 3.63) is 11.7 Å². The van der Waals surface area contributed by atoms with Gasteiger partial charge in [-0.3, -0.25) is 4.79 Å². The lowest BCUT2D eigenvalue weighted by Crippen LogP contribution is -2.41. The number of aliphatic hydroxyl groups excluding tert-OH is 1. The van der Waals surface area contributed by atoms with Crippen LogP contribution in [0.4, 0.5) is 0 Å². The molecule has 1 N–H and O–H groups in total. The van der Waals surface area contributed by atoms with Crippen molar-refractivity contribution < 1.29 is 19.2 Å². The van der Waals surface area contributed by atoms with Gasteiger partial charge in [-0.05, 0) is 46.0 Å². The summed E-state index contributed by atoms with van der Waals surface area (Å²) in [6.07, 6.45) is 3.48. The highest BCUT2D eigenvalue weighted by molar-refractivity contribution is 6.54. The predicted molar refractivity (Wildman–Crippen MR) is 72.2 cm³/mol. The van der Waals surface area contributed by atoms with Crippen LogP contribution in [0.3, 0.4) is 0 Å². The number of carbonyl (C=O) groups is 1. The summed E-state index contributed by atoms with van der Waals surface area (Å²) < 4.78 is 11.9. The molecule has 1 amide bonds. The fourth-order valence-corrected chi connectivity index (χ4v) is 2.24. The van der Waals surface area contributed by atoms with Crippen molar-refractivity contribution in [2.75, 3.05) is 13.2 Å². The van der Waals surface area contributed by atoms with Gasteiger partial charge in [-0.1, -0.05) is 0 Å². The molecule has 0 atom stereocenters. The number of allylic oxidation sites excluding steroid dienone is 1. The summed E-state index contributed by atoms with van der Waals surface area (Å²) in [5.74, 6) is -0.284. The van der Waals surface area contributed by atoms with Crippen LogP contribution in [0.15, 0.2) is 11.7 Å². The van der Waals surface area contributed by atoms with E-state index in [4.69, 9.17) is 14.4 Å². The van der Waals surface area contributed by atoms with Crippen molar-refractivity contribution in [2.45, 2.75) is 51.7 Å². The number of rotatable bonds is 2. The van der Waals surface area contributed by atoms with Gasteiger partial charge in [-0.15, -0.1) is 0 Å². The van der Waals surface area contributed by atoms with E-state index >= 15 is 0 Å². The second-order valence-corrected chi connectivity index (χ2v) is 6.14. The van der Waals surface area contributed by atoms with Crippen LogP contribution >= 0.6 is 0 Å². The Morgan fingerprint density at radius 3 is 2.47 bits per heavy atom. The van der Waals surface area contributed by atoms with Crippen molar-refractivity contribution in [3.63, 3.8) is 0 Å². The van der Waals surface area contributed by atoms with E-state index in [1.165, 1.54) is 0 Å². The van der Waals surface area contributed by atoms with E-state index in [0.717, 1.165) is 18.3 Å². The third-order valence-electron chi connectivity index (χ3n) is 4.20. The second-order valence-electron chi connectivity index (χ2n) is 6.14. The molecule has 2 aliphatic rings. The molecule has 0 radical (unpaired) electrons. The molecule has 0 aromatic heterocycles. The molecule has 5 nitrogen and oxygen atoms in total. The van der Waals surface area contributed by atoms with Gasteiger partial charge in [-0.2, -0.15) is 0 Å². The summed E-state index contributed by atoms with van der Waals surface area (Å²) in [5, 5.41) is 8.92. The number of carbonyl (C=O) groups excluding carboxylic acids is 1. The van der Waals surface area contributed by atoms with Crippen LogP contribution in [0.1, 0.15) is 40.5 Å². The summed E-state index contributed by atoms with van der Waals surface area (Å²) in [7, 11) is -0.403. The topological polar surface area (TPSA) is 59.0 Å². The van der Waals surface area contributed by atoms with E-state index in [9.17, 15) is 4.79 Å². The first-order valence-corrected chi connectivity index (χ1v) is 6.73. The Morgan fingerprint density at radius 1 is 1.37 bits per heavy atom. The van der Waals surface area contributed by atoms with Crippen LogP contribution in [-0.2, 0) is 14.1 Å². The Bertz CT molecular complexity index is 389. The second kappa shape index (κ2) is 4.92. The van der Waals surface area contributed by atoms with Crippen LogP contribution < -0.4 is 0 Å². The maximum Gasteiger partial charge on any atom is 0.492 e. The highest BCUT2D eigenvalue weighted by Gasteiger charge is 2.52. The number of amides is 1. The summed E-state index contributed by atoms with van der Waals surface area (Å²) in [6.45, 7) is 8.20. The number of nitrogens with zero attached hydrogens (tertiary/aromatic N) is 1. The van der Waals surface area contributed by atoms with Crippen LogP contribution in [-0.4, -0.2) is 47.4 Å². The lowest BCUT2D eigenvalue weighted by atomic mass is 9.75. The predicted octanol–water partition coefficient (Wildman–Crippen LogP) is 1.12. The zero-order chi connectivity index (χ0) is 14.3. The molecule has 0 aliphatic carbocycles. The van der Waals surface area contributed by atoms with Crippen LogP contribution in [0.5, 0.6) is 0 Å². The zero-order valence-corrected chi connectivity index (χ0v) is 12.1. The largest absolute Gasteiger partial charge is 0.492 e. The Labute approximate surface area is 114 Å². The van der Waals surface area contributed by atoms with Gasteiger partial charge >= 0.3 is 7.12 Å². The quantitative estimate of drug-likeness (QED) is 0.761. The molecule has 2 heterocycles. The number of aliphatic hydroxyl groups is 1. The summed E-state index contributed by atoms with van der Waals surface area (Å²) in [6, 6.07) is 0. The van der Waals surface area contributed by atoms with Gasteiger partial charge in [0.2, 0.25) is 0 Å². The highest BCUT2D eigenvalue weighted by Crippen LogP contribution is 2.39. The van der Waals surface area contributed by atoms with Crippen molar-refractivity contribution in [2.24, 2.45) is 0 Å². The van der Waals surface area contributed by atoms with E-state index in [2.05, 4.69) is 0 Å². The molecular weight excluding hydrogens is 245 g/mol. The van der Waals surface area contributed by atoms with Crippen molar-refractivity contribution in [1.29, 1.82) is 0 Å². The average molecular weight is 267 g/mol. The molecule has 0 saturated carbocycles. The van der Waals surface area contributed by atoms with E-state index in [1.807, 2.05) is 27.7 Å². The SMILES string of the molecule is CC1(C)OB(C2=CN(C(=O)CO)CCC2)OC1(C)C. The minimum atomic E-state index is -0.465. The molecule has 1 saturated heterocycles. The molecule has 0 spiro atoms. The summed E-state index contributed by atoms with van der Waals surface area (Å²) in [5.41, 5.74) is 0.218. The molecule has 106 valence electrons. The molecule has 19 heavy (non-hydrogen) atoms. The summed E-state index contributed by atoms with van der Waals surface area (Å²) >= 11 is 0. The average Bonchev–Trinajstić information content (AvgIpc) is 2.58. The normalized spacial score (nSPS) is 25.4. The third kappa shape index (κ3) is 2.71. The molecule has 0 bridgehead atoms. The standard InChI is InChI=1S/C13H22BNO4/c1-12(2)13(3,4)19-14(18-12)10-6-5-7-15(8-10)11(17)9-16/h8,16H,5-7,9H2,1-4H3. The fourth-order valence-electron chi connectivity index (χ4n) is 2.24. The zero-order valence-electron chi connectivity index (χ0n) is 12.1. The van der Waals surface area contributed by atoms with Crippen molar-refractivity contribution in [1.82, 2.24) is 4.90 Å². The Kier molecular flexibility index (Phi) is 3.77. The maximum absolute atomic E-state index is 11.5. The highest BCUT2D eigenvalue weighted by atomic mass is 16.7. The fraction of sp³-hybridized carbons (Fsp3) is 0.769. The Balaban J connectivity index is 2.15. The van der Waals surface area contributed by atoms with E-state index < -0.39 is 13.7 Å². The molecule has 2 aliphatic heterocycles. The van der Waals surface area contributed by atoms with E-state index in [1.54, 1.807) is 11.1 Å². The van der Waals surface area contributed by atoms with E-state index in [-0.39, 0.29) is 17.1 Å². The van der Waals surface area contributed by atoms with E-state index in [0.29, 0.717) is 6.54 Å². The first-order valence-electron chi connectivity index (χ1n) is 6.73. The molecule has 0 aromatic rings. The lowest BCUT2D eigenvalue weighted by molar-refractivity contribution is -0.131. The minimum absolute atomic E-state index is 0.284. The molecule has 0 aromatic carbocycles. The third-order valence-corrected chi connectivity index (χ3v) is 4.20. The van der Waals surface area contributed by atoms with Gasteiger partial charge in [0.15, 0.2) is 0 Å². The molecular formula is C13H22BNO4. The molecule has 6 heteroatoms. The van der Waals surface area contributed by atoms with Gasteiger partial charge in [-0.25, -0.2) is 0 Å². The van der Waals surface area contributed by atoms with Crippen LogP contribution in [0.25, 0.3) is 0 Å². The van der Waals surface area contributed by atoms with Crippen molar-refractivity contribution in [3.8, 4) is 0 Å². The first-order chi connectivity index (χ1) is 8.77. The van der Waals surface area contributed by atoms with Crippen LogP contribution in [0, 0.1) is 0 Å². The number of hydrogen-bond acceptors (Lipinski definition) is 4. The van der Waals surface area contributed by atoms with Gasteiger partial charge in [0.25, 0.3) is 5.91 Å². The van der Waals surface area contributed by atoms with Crippen LogP contribution in [0.2, 0.25) is 0 Å². The Hall–Kier alpha value is -0.845.